The second kappa shape index (κ2) is 4.62. The predicted octanol–water partition coefficient (Wildman–Crippen LogP) is 3.19. The highest BCUT2D eigenvalue weighted by atomic mass is 16.5. The average molecular weight is 231 g/mol. The summed E-state index contributed by atoms with van der Waals surface area (Å²) >= 11 is 0. The maximum atomic E-state index is 11.4. The Kier molecular flexibility index (Phi) is 3.18. The van der Waals surface area contributed by atoms with Crippen LogP contribution in [0.3, 0.4) is 0 Å². The average Bonchev–Trinajstić information content (AvgIpc) is 2.71. The third-order valence-corrected chi connectivity index (χ3v) is 3.01. The molecule has 0 N–H and O–H groups in total. The zero-order valence-corrected chi connectivity index (χ0v) is 10.4. The standard InChI is InChI=1S/C14H17NO2/c1-4-17-13-5-6-14-12(9-13)7-8-15(14)10(2)11(3)16/h5-10H,4H2,1-3H3. The van der Waals surface area contributed by atoms with E-state index < -0.39 is 0 Å². The first-order valence-corrected chi connectivity index (χ1v) is 5.87. The number of benzene rings is 1. The molecular weight excluding hydrogens is 214 g/mol. The van der Waals surface area contributed by atoms with Gasteiger partial charge in [-0.05, 0) is 45.0 Å². The second-order valence-corrected chi connectivity index (χ2v) is 4.16. The van der Waals surface area contributed by atoms with Crippen molar-refractivity contribution in [3.63, 3.8) is 0 Å². The summed E-state index contributed by atoms with van der Waals surface area (Å²) in [5.74, 6) is 1.03. The summed E-state index contributed by atoms with van der Waals surface area (Å²) in [5.41, 5.74) is 1.07. The molecule has 1 aromatic carbocycles. The highest BCUT2D eigenvalue weighted by Gasteiger charge is 2.12. The fourth-order valence-corrected chi connectivity index (χ4v) is 1.93. The summed E-state index contributed by atoms with van der Waals surface area (Å²) in [6.45, 7) is 6.16. The van der Waals surface area contributed by atoms with Gasteiger partial charge in [0.25, 0.3) is 0 Å². The molecule has 0 spiro atoms. The van der Waals surface area contributed by atoms with E-state index in [1.165, 1.54) is 0 Å². The topological polar surface area (TPSA) is 31.2 Å². The smallest absolute Gasteiger partial charge is 0.152 e. The van der Waals surface area contributed by atoms with Gasteiger partial charge in [-0.25, -0.2) is 0 Å². The molecule has 0 aliphatic carbocycles. The summed E-state index contributed by atoms with van der Waals surface area (Å²) in [4.78, 5) is 11.4. The minimum absolute atomic E-state index is 0.120. The summed E-state index contributed by atoms with van der Waals surface area (Å²) in [6.07, 6.45) is 1.95. The number of hydrogen-bond acceptors (Lipinski definition) is 2. The Hall–Kier alpha value is -1.77. The fourth-order valence-electron chi connectivity index (χ4n) is 1.93. The molecule has 0 bridgehead atoms. The van der Waals surface area contributed by atoms with Crippen molar-refractivity contribution in [3.8, 4) is 5.75 Å². The molecule has 0 aliphatic heterocycles. The number of carbonyl (C=O) groups is 1. The van der Waals surface area contributed by atoms with Gasteiger partial charge >= 0.3 is 0 Å². The number of aromatic nitrogens is 1. The van der Waals surface area contributed by atoms with Crippen LogP contribution in [0.2, 0.25) is 0 Å². The summed E-state index contributed by atoms with van der Waals surface area (Å²) in [7, 11) is 0. The number of ketones is 1. The van der Waals surface area contributed by atoms with Crippen LogP contribution in [0, 0.1) is 0 Å². The molecule has 90 valence electrons. The maximum Gasteiger partial charge on any atom is 0.152 e. The van der Waals surface area contributed by atoms with Crippen LogP contribution in [0.4, 0.5) is 0 Å². The molecule has 2 aromatic rings. The second-order valence-electron chi connectivity index (χ2n) is 4.16. The Morgan fingerprint density at radius 2 is 2.18 bits per heavy atom. The summed E-state index contributed by atoms with van der Waals surface area (Å²) in [5, 5.41) is 1.10. The number of Topliss-reactive ketones (excluding diaryl/α,β-unsaturated/α-hetero) is 1. The summed E-state index contributed by atoms with van der Waals surface area (Å²) < 4.78 is 7.45. The van der Waals surface area contributed by atoms with Crippen molar-refractivity contribution in [1.29, 1.82) is 0 Å². The van der Waals surface area contributed by atoms with Crippen molar-refractivity contribution in [2.75, 3.05) is 6.61 Å². The molecule has 0 saturated carbocycles. The minimum Gasteiger partial charge on any atom is -0.494 e. The van der Waals surface area contributed by atoms with Crippen molar-refractivity contribution >= 4 is 16.7 Å². The molecule has 0 amide bonds. The van der Waals surface area contributed by atoms with E-state index in [2.05, 4.69) is 0 Å². The number of fused-ring (bicyclic) bond motifs is 1. The van der Waals surface area contributed by atoms with Crippen LogP contribution in [0.25, 0.3) is 10.9 Å². The lowest BCUT2D eigenvalue weighted by Gasteiger charge is -2.12. The SMILES string of the molecule is CCOc1ccc2c(ccn2C(C)C(C)=O)c1. The van der Waals surface area contributed by atoms with Crippen LogP contribution in [0.15, 0.2) is 30.5 Å². The van der Waals surface area contributed by atoms with Crippen molar-refractivity contribution in [3.05, 3.63) is 30.5 Å². The van der Waals surface area contributed by atoms with Crippen molar-refractivity contribution in [1.82, 2.24) is 4.57 Å². The molecule has 1 unspecified atom stereocenters. The highest BCUT2D eigenvalue weighted by Crippen LogP contribution is 2.24. The molecule has 3 nitrogen and oxygen atoms in total. The van der Waals surface area contributed by atoms with Gasteiger partial charge in [-0.1, -0.05) is 0 Å². The zero-order chi connectivity index (χ0) is 12.4. The van der Waals surface area contributed by atoms with Gasteiger partial charge in [0, 0.05) is 17.1 Å². The van der Waals surface area contributed by atoms with Gasteiger partial charge < -0.3 is 9.30 Å². The lowest BCUT2D eigenvalue weighted by Crippen LogP contribution is -2.11. The highest BCUT2D eigenvalue weighted by molar-refractivity contribution is 5.86. The molecule has 0 radical (unpaired) electrons. The van der Waals surface area contributed by atoms with Gasteiger partial charge in [-0.15, -0.1) is 0 Å². The molecule has 0 fully saturated rings. The Labute approximate surface area is 101 Å². The summed E-state index contributed by atoms with van der Waals surface area (Å²) in [6, 6.07) is 7.83. The monoisotopic (exact) mass is 231 g/mol. The molecule has 1 heterocycles. The Morgan fingerprint density at radius 3 is 2.82 bits per heavy atom. The molecule has 0 aliphatic rings. The van der Waals surface area contributed by atoms with Crippen LogP contribution in [-0.2, 0) is 4.79 Å². The largest absolute Gasteiger partial charge is 0.494 e. The van der Waals surface area contributed by atoms with Gasteiger partial charge in [-0.2, -0.15) is 0 Å². The van der Waals surface area contributed by atoms with Crippen LogP contribution < -0.4 is 4.74 Å². The van der Waals surface area contributed by atoms with Gasteiger partial charge in [0.2, 0.25) is 0 Å². The van der Waals surface area contributed by atoms with Crippen molar-refractivity contribution in [2.45, 2.75) is 26.8 Å². The lowest BCUT2D eigenvalue weighted by molar-refractivity contribution is -0.119. The third kappa shape index (κ3) is 2.18. The Balaban J connectivity index is 2.44. The van der Waals surface area contributed by atoms with Gasteiger partial charge in [-0.3, -0.25) is 4.79 Å². The quantitative estimate of drug-likeness (QED) is 0.809. The molecule has 3 heteroatoms. The molecule has 17 heavy (non-hydrogen) atoms. The van der Waals surface area contributed by atoms with Crippen molar-refractivity contribution < 1.29 is 9.53 Å². The van der Waals surface area contributed by atoms with Crippen molar-refractivity contribution in [2.24, 2.45) is 0 Å². The number of rotatable bonds is 4. The van der Waals surface area contributed by atoms with E-state index in [4.69, 9.17) is 4.74 Å². The van der Waals surface area contributed by atoms with Crippen LogP contribution in [-0.4, -0.2) is 17.0 Å². The van der Waals surface area contributed by atoms with E-state index in [9.17, 15) is 4.79 Å². The van der Waals surface area contributed by atoms with E-state index in [0.717, 1.165) is 16.7 Å². The van der Waals surface area contributed by atoms with Gasteiger partial charge in [0.1, 0.15) is 5.75 Å². The van der Waals surface area contributed by atoms with Gasteiger partial charge in [0.15, 0.2) is 5.78 Å². The number of ether oxygens (including phenoxy) is 1. The molecular formula is C14H17NO2. The molecule has 1 aromatic heterocycles. The maximum absolute atomic E-state index is 11.4. The first-order valence-electron chi connectivity index (χ1n) is 5.87. The Morgan fingerprint density at radius 1 is 1.41 bits per heavy atom. The van der Waals surface area contributed by atoms with Crippen LogP contribution in [0.5, 0.6) is 5.75 Å². The zero-order valence-electron chi connectivity index (χ0n) is 10.4. The van der Waals surface area contributed by atoms with E-state index in [1.807, 2.05) is 48.9 Å². The first-order chi connectivity index (χ1) is 8.13. The predicted molar refractivity (Wildman–Crippen MR) is 68.5 cm³/mol. The third-order valence-electron chi connectivity index (χ3n) is 3.01. The minimum atomic E-state index is -0.120. The van der Waals surface area contributed by atoms with E-state index in [1.54, 1.807) is 6.92 Å². The fraction of sp³-hybridized carbons (Fsp3) is 0.357. The number of carbonyl (C=O) groups excluding carboxylic acids is 1. The van der Waals surface area contributed by atoms with E-state index in [-0.39, 0.29) is 11.8 Å². The lowest BCUT2D eigenvalue weighted by atomic mass is 10.2. The normalized spacial score (nSPS) is 12.6. The van der Waals surface area contributed by atoms with E-state index in [0.29, 0.717) is 6.61 Å². The number of nitrogens with zero attached hydrogens (tertiary/aromatic N) is 1. The van der Waals surface area contributed by atoms with Gasteiger partial charge in [0.05, 0.1) is 12.6 Å². The first kappa shape index (κ1) is 11.7. The van der Waals surface area contributed by atoms with E-state index >= 15 is 0 Å². The molecule has 2 rings (SSSR count). The van der Waals surface area contributed by atoms with Crippen LogP contribution in [0.1, 0.15) is 26.8 Å². The number of hydrogen-bond donors (Lipinski definition) is 0. The van der Waals surface area contributed by atoms with Crippen LogP contribution >= 0.6 is 0 Å². The molecule has 1 atom stereocenters. The Bertz CT molecular complexity index is 542. The molecule has 0 saturated heterocycles.